The summed E-state index contributed by atoms with van der Waals surface area (Å²) in [4.78, 5) is 1.55. The van der Waals surface area contributed by atoms with Gasteiger partial charge in [0.15, 0.2) is 9.98 Å². The fourth-order valence-corrected chi connectivity index (χ4v) is 5.52. The van der Waals surface area contributed by atoms with Crippen LogP contribution >= 0.6 is 11.8 Å². The van der Waals surface area contributed by atoms with Crippen molar-refractivity contribution in [3.8, 4) is 0 Å². The summed E-state index contributed by atoms with van der Waals surface area (Å²) in [5.41, 5.74) is 0. The van der Waals surface area contributed by atoms with E-state index in [0.717, 1.165) is 0 Å². The molecule has 1 unspecified atom stereocenters. The Labute approximate surface area is 74.7 Å². The molecule has 58 valence electrons. The minimum absolute atomic E-state index is 0.572. The van der Waals surface area contributed by atoms with Crippen molar-refractivity contribution >= 4 is 22.7 Å². The molecule has 1 heterocycles. The zero-order valence-corrected chi connectivity index (χ0v) is 7.96. The van der Waals surface area contributed by atoms with E-state index in [4.69, 9.17) is 0 Å². The maximum atomic E-state index is 2.26. The molecule has 1 atom stereocenters. The zero-order valence-electron chi connectivity index (χ0n) is 6.32. The highest BCUT2D eigenvalue weighted by atomic mass is 32.2. The molecule has 0 radical (unpaired) electrons. The second kappa shape index (κ2) is 3.55. The van der Waals surface area contributed by atoms with Gasteiger partial charge in [-0.1, -0.05) is 18.2 Å². The maximum Gasteiger partial charge on any atom is 0.159 e. The van der Waals surface area contributed by atoms with Crippen molar-refractivity contribution in [1.82, 2.24) is 0 Å². The van der Waals surface area contributed by atoms with Gasteiger partial charge in [-0.3, -0.25) is 0 Å². The Morgan fingerprint density at radius 3 is 2.64 bits per heavy atom. The monoisotopic (exact) mass is 183 g/mol. The van der Waals surface area contributed by atoms with Gasteiger partial charge in [0.05, 0.1) is 0 Å². The van der Waals surface area contributed by atoms with E-state index in [9.17, 15) is 0 Å². The van der Waals surface area contributed by atoms with Crippen LogP contribution < -0.4 is 0 Å². The van der Waals surface area contributed by atoms with Gasteiger partial charge in [0.1, 0.15) is 5.75 Å². The molecule has 1 aliphatic heterocycles. The lowest BCUT2D eigenvalue weighted by atomic mass is 10.4. The highest BCUT2D eigenvalue weighted by molar-refractivity contribution is 8.17. The highest BCUT2D eigenvalue weighted by Crippen LogP contribution is 2.25. The van der Waals surface area contributed by atoms with Gasteiger partial charge in [-0.05, 0) is 12.1 Å². The fourth-order valence-electron chi connectivity index (χ4n) is 1.18. The molecule has 1 aromatic rings. The molecule has 0 aliphatic carbocycles. The summed E-state index contributed by atoms with van der Waals surface area (Å²) >= 11 is 2.09. The normalized spacial score (nSPS) is 23.8. The van der Waals surface area contributed by atoms with Crippen molar-refractivity contribution in [1.29, 1.82) is 0 Å². The first-order valence-corrected chi connectivity index (χ1v) is 6.49. The van der Waals surface area contributed by atoms with E-state index < -0.39 is 0 Å². The molecule has 1 fully saturated rings. The summed E-state index contributed by atoms with van der Waals surface area (Å²) in [6, 6.07) is 10.9. The minimum Gasteiger partial charge on any atom is -0.103 e. The van der Waals surface area contributed by atoms with Crippen LogP contribution in [0, 0.1) is 0 Å². The van der Waals surface area contributed by atoms with Crippen LogP contribution in [0.1, 0.15) is 0 Å². The third-order valence-electron chi connectivity index (χ3n) is 1.78. The van der Waals surface area contributed by atoms with Gasteiger partial charge in [0.2, 0.25) is 0 Å². The Kier molecular flexibility index (Phi) is 2.44. The molecule has 0 spiro atoms. The molecule has 0 aromatic heterocycles. The first-order valence-electron chi connectivity index (χ1n) is 3.77. The largest absolute Gasteiger partial charge is 0.159 e. The van der Waals surface area contributed by atoms with Crippen LogP contribution in [0.3, 0.4) is 0 Å². The summed E-state index contributed by atoms with van der Waals surface area (Å²) in [6.07, 6.45) is 0. The number of hydrogen-bond acceptors (Lipinski definition) is 1. The van der Waals surface area contributed by atoms with Crippen LogP contribution in [-0.2, 0) is 10.9 Å². The van der Waals surface area contributed by atoms with Crippen molar-refractivity contribution < 1.29 is 0 Å². The fraction of sp³-hybridized carbons (Fsp3) is 0.333. The number of rotatable bonds is 1. The summed E-state index contributed by atoms with van der Waals surface area (Å²) < 4.78 is 0. The Balaban J connectivity index is 2.16. The lowest BCUT2D eigenvalue weighted by Crippen LogP contribution is -2.03. The molecule has 2 heteroatoms. The first-order chi connectivity index (χ1) is 5.47. The Morgan fingerprint density at radius 2 is 2.00 bits per heavy atom. The van der Waals surface area contributed by atoms with E-state index >= 15 is 0 Å². The quantitative estimate of drug-likeness (QED) is 0.602. The van der Waals surface area contributed by atoms with Crippen molar-refractivity contribution in [2.24, 2.45) is 0 Å². The Morgan fingerprint density at radius 1 is 1.18 bits per heavy atom. The van der Waals surface area contributed by atoms with E-state index in [1.165, 1.54) is 16.6 Å². The van der Waals surface area contributed by atoms with Gasteiger partial charge in [0, 0.05) is 16.6 Å². The highest BCUT2D eigenvalue weighted by Gasteiger charge is 2.26. The van der Waals surface area contributed by atoms with Crippen molar-refractivity contribution in [3.63, 3.8) is 0 Å². The number of benzene rings is 1. The van der Waals surface area contributed by atoms with E-state index in [1.807, 2.05) is 0 Å². The number of hydrogen-bond donors (Lipinski definition) is 0. The van der Waals surface area contributed by atoms with Crippen molar-refractivity contribution in [2.75, 3.05) is 16.6 Å². The molecule has 0 amide bonds. The van der Waals surface area contributed by atoms with Crippen LogP contribution in [0.5, 0.6) is 0 Å². The molecule has 0 N–H and O–H groups in total. The average Bonchev–Trinajstić information content (AvgIpc) is 2.58. The molecule has 0 nitrogen and oxygen atoms in total. The summed E-state index contributed by atoms with van der Waals surface area (Å²) in [5, 5.41) is 1.35. The lowest BCUT2D eigenvalue weighted by Gasteiger charge is -1.96. The predicted octanol–water partition coefficient (Wildman–Crippen LogP) is 2.37. The summed E-state index contributed by atoms with van der Waals surface area (Å²) in [6.45, 7) is 0. The van der Waals surface area contributed by atoms with Gasteiger partial charge in [-0.2, -0.15) is 0 Å². The molecule has 1 aromatic carbocycles. The smallest absolute Gasteiger partial charge is 0.103 e. The van der Waals surface area contributed by atoms with E-state index in [2.05, 4.69) is 42.1 Å². The first kappa shape index (κ1) is 7.56. The zero-order chi connectivity index (χ0) is 7.52. The second-order valence-electron chi connectivity index (χ2n) is 2.54. The van der Waals surface area contributed by atoms with E-state index in [-0.39, 0.29) is 0 Å². The summed E-state index contributed by atoms with van der Waals surface area (Å²) in [7, 11) is 0.572. The topological polar surface area (TPSA) is 0 Å². The Bertz CT molecular complexity index is 214. The van der Waals surface area contributed by atoms with Gasteiger partial charge in [-0.25, -0.2) is 0 Å². The van der Waals surface area contributed by atoms with Crippen LogP contribution in [0.15, 0.2) is 35.2 Å². The van der Waals surface area contributed by atoms with Gasteiger partial charge >= 0.3 is 0 Å². The predicted molar refractivity (Wildman–Crippen MR) is 54.3 cm³/mol. The third kappa shape index (κ3) is 1.74. The van der Waals surface area contributed by atoms with Crippen LogP contribution in [0.25, 0.3) is 0 Å². The average molecular weight is 183 g/mol. The minimum atomic E-state index is 0.572. The van der Waals surface area contributed by atoms with Crippen LogP contribution in [-0.4, -0.2) is 16.6 Å². The second-order valence-corrected chi connectivity index (χ2v) is 6.16. The van der Waals surface area contributed by atoms with Crippen LogP contribution in [0.4, 0.5) is 0 Å². The van der Waals surface area contributed by atoms with Gasteiger partial charge in [0.25, 0.3) is 0 Å². The SMILES string of the molecule is c1ccc([S+]2CCSC2)cc1. The van der Waals surface area contributed by atoms with Gasteiger partial charge in [-0.15, -0.1) is 11.8 Å². The molecule has 0 saturated carbocycles. The van der Waals surface area contributed by atoms with E-state index in [0.29, 0.717) is 10.9 Å². The standard InChI is InChI=1S/C9H11S2/c1-2-4-9(5-3-1)11-7-6-10-8-11/h1-5H,6-8H2/q+1. The molecular formula is C9H11S2+. The van der Waals surface area contributed by atoms with Crippen molar-refractivity contribution in [3.05, 3.63) is 30.3 Å². The van der Waals surface area contributed by atoms with Gasteiger partial charge < -0.3 is 0 Å². The van der Waals surface area contributed by atoms with E-state index in [1.54, 1.807) is 4.90 Å². The molecule has 0 bridgehead atoms. The molecule has 1 aliphatic rings. The number of thioether (sulfide) groups is 1. The molecule has 1 saturated heterocycles. The maximum absolute atomic E-state index is 2.26. The van der Waals surface area contributed by atoms with Crippen LogP contribution in [0.2, 0.25) is 0 Å². The Hall–Kier alpha value is -0.0800. The lowest BCUT2D eigenvalue weighted by molar-refractivity contribution is 1.42. The molecule has 2 rings (SSSR count). The summed E-state index contributed by atoms with van der Waals surface area (Å²) in [5.74, 6) is 2.76. The molecular weight excluding hydrogens is 172 g/mol. The van der Waals surface area contributed by atoms with Crippen molar-refractivity contribution in [2.45, 2.75) is 4.90 Å². The third-order valence-corrected chi connectivity index (χ3v) is 5.97. The molecule has 11 heavy (non-hydrogen) atoms.